The van der Waals surface area contributed by atoms with Gasteiger partial charge in [-0.1, -0.05) is 6.07 Å². The van der Waals surface area contributed by atoms with Crippen molar-refractivity contribution in [2.24, 2.45) is 0 Å². The largest absolute Gasteiger partial charge is 0.367 e. The van der Waals surface area contributed by atoms with Crippen LogP contribution in [0.15, 0.2) is 18.2 Å². The molecule has 1 N–H and O–H groups in total. The molecule has 4 heteroatoms. The normalized spacial score (nSPS) is 12.8. The lowest BCUT2D eigenvalue weighted by Gasteiger charge is -2.33. The van der Waals surface area contributed by atoms with Crippen LogP contribution in [0.4, 0.5) is 10.1 Å². The van der Waals surface area contributed by atoms with E-state index in [2.05, 4.69) is 43.1 Å². The minimum Gasteiger partial charge on any atom is -0.367 e. The Labute approximate surface area is 116 Å². The number of nitrogens with zero attached hydrogens (tertiary/aromatic N) is 2. The molecule has 0 saturated heterocycles. The second-order valence-corrected chi connectivity index (χ2v) is 5.17. The van der Waals surface area contributed by atoms with E-state index in [0.29, 0.717) is 12.6 Å². The van der Waals surface area contributed by atoms with Crippen LogP contribution in [0.25, 0.3) is 0 Å². The smallest absolute Gasteiger partial charge is 0.129 e. The van der Waals surface area contributed by atoms with E-state index in [0.717, 1.165) is 24.3 Å². The van der Waals surface area contributed by atoms with Gasteiger partial charge in [0.05, 0.1) is 0 Å². The van der Waals surface area contributed by atoms with Gasteiger partial charge < -0.3 is 15.1 Å². The van der Waals surface area contributed by atoms with Crippen molar-refractivity contribution in [2.75, 3.05) is 39.1 Å². The Kier molecular flexibility index (Phi) is 6.25. The Bertz CT molecular complexity index is 393. The minimum atomic E-state index is -0.137. The number of hydrogen-bond acceptors (Lipinski definition) is 3. The Hall–Kier alpha value is -1.13. The molecule has 0 fully saturated rings. The molecule has 0 aliphatic carbocycles. The van der Waals surface area contributed by atoms with E-state index in [4.69, 9.17) is 0 Å². The number of benzene rings is 1. The zero-order chi connectivity index (χ0) is 14.4. The van der Waals surface area contributed by atoms with Crippen molar-refractivity contribution >= 4 is 5.69 Å². The van der Waals surface area contributed by atoms with Gasteiger partial charge in [0.25, 0.3) is 0 Å². The third-order valence-corrected chi connectivity index (χ3v) is 3.26. The summed E-state index contributed by atoms with van der Waals surface area (Å²) in [4.78, 5) is 4.42. The molecule has 0 heterocycles. The van der Waals surface area contributed by atoms with Gasteiger partial charge in [-0.15, -0.1) is 0 Å². The van der Waals surface area contributed by atoms with E-state index in [9.17, 15) is 4.39 Å². The van der Waals surface area contributed by atoms with Crippen LogP contribution in [0.1, 0.15) is 19.4 Å². The number of rotatable bonds is 7. The van der Waals surface area contributed by atoms with E-state index in [1.54, 1.807) is 6.07 Å². The van der Waals surface area contributed by atoms with Crippen molar-refractivity contribution in [1.82, 2.24) is 10.2 Å². The molecular weight excluding hydrogens is 241 g/mol. The highest BCUT2D eigenvalue weighted by Crippen LogP contribution is 2.25. The third-order valence-electron chi connectivity index (χ3n) is 3.26. The first-order valence-electron chi connectivity index (χ1n) is 6.84. The van der Waals surface area contributed by atoms with Crippen LogP contribution in [-0.4, -0.2) is 45.2 Å². The van der Waals surface area contributed by atoms with Gasteiger partial charge in [0.15, 0.2) is 0 Å². The van der Waals surface area contributed by atoms with Crippen LogP contribution in [0.3, 0.4) is 0 Å². The van der Waals surface area contributed by atoms with E-state index in [1.807, 2.05) is 13.1 Å². The number of halogens is 1. The van der Waals surface area contributed by atoms with Gasteiger partial charge in [0, 0.05) is 36.9 Å². The Balaban J connectivity index is 3.06. The topological polar surface area (TPSA) is 18.5 Å². The molecule has 1 rings (SSSR count). The predicted molar refractivity (Wildman–Crippen MR) is 80.2 cm³/mol. The van der Waals surface area contributed by atoms with Gasteiger partial charge in [-0.2, -0.15) is 0 Å². The van der Waals surface area contributed by atoms with Crippen LogP contribution in [0.2, 0.25) is 0 Å². The summed E-state index contributed by atoms with van der Waals surface area (Å²) in [5, 5.41) is 3.05. The van der Waals surface area contributed by atoms with Gasteiger partial charge in [-0.05, 0) is 47.1 Å². The minimum absolute atomic E-state index is 0.137. The first-order valence-corrected chi connectivity index (χ1v) is 6.84. The summed E-state index contributed by atoms with van der Waals surface area (Å²) in [5.74, 6) is -0.137. The molecule has 0 aromatic heterocycles. The standard InChI is InChI=1S/C15H26FN3/c1-6-19(12(2)11-18(4)5)15-9-7-8-14(16)13(15)10-17-3/h7-9,12,17H,6,10-11H2,1-5H3. The van der Waals surface area contributed by atoms with Gasteiger partial charge in [0.1, 0.15) is 5.82 Å². The highest BCUT2D eigenvalue weighted by molar-refractivity contribution is 5.55. The molecule has 0 saturated carbocycles. The summed E-state index contributed by atoms with van der Waals surface area (Å²) in [6.07, 6.45) is 0. The molecule has 0 aliphatic rings. The molecule has 0 aliphatic heterocycles. The first-order chi connectivity index (χ1) is 9.01. The monoisotopic (exact) mass is 267 g/mol. The second kappa shape index (κ2) is 7.46. The van der Waals surface area contributed by atoms with E-state index in [1.165, 1.54) is 6.07 Å². The predicted octanol–water partition coefficient (Wildman–Crippen LogP) is 2.32. The lowest BCUT2D eigenvalue weighted by molar-refractivity contribution is 0.372. The molecule has 3 nitrogen and oxygen atoms in total. The molecule has 0 radical (unpaired) electrons. The fourth-order valence-corrected chi connectivity index (χ4v) is 2.51. The van der Waals surface area contributed by atoms with E-state index < -0.39 is 0 Å². The quantitative estimate of drug-likeness (QED) is 0.818. The summed E-state index contributed by atoms with van der Waals surface area (Å²) in [6, 6.07) is 5.67. The lowest BCUT2D eigenvalue weighted by Crippen LogP contribution is -2.40. The lowest BCUT2D eigenvalue weighted by atomic mass is 10.1. The van der Waals surface area contributed by atoms with Gasteiger partial charge in [-0.25, -0.2) is 4.39 Å². The van der Waals surface area contributed by atoms with Crippen molar-refractivity contribution < 1.29 is 4.39 Å². The fourth-order valence-electron chi connectivity index (χ4n) is 2.51. The molecule has 1 aromatic carbocycles. The van der Waals surface area contributed by atoms with Crippen LogP contribution < -0.4 is 10.2 Å². The number of nitrogens with one attached hydrogen (secondary N) is 1. The second-order valence-electron chi connectivity index (χ2n) is 5.17. The molecular formula is C15H26FN3. The average molecular weight is 267 g/mol. The van der Waals surface area contributed by atoms with Crippen molar-refractivity contribution in [3.8, 4) is 0 Å². The number of hydrogen-bond donors (Lipinski definition) is 1. The van der Waals surface area contributed by atoms with Crippen molar-refractivity contribution in [3.63, 3.8) is 0 Å². The van der Waals surface area contributed by atoms with Crippen molar-refractivity contribution in [3.05, 3.63) is 29.6 Å². The number of anilines is 1. The zero-order valence-corrected chi connectivity index (χ0v) is 12.7. The van der Waals surface area contributed by atoms with E-state index >= 15 is 0 Å². The molecule has 0 spiro atoms. The Morgan fingerprint density at radius 1 is 1.32 bits per heavy atom. The fraction of sp³-hybridized carbons (Fsp3) is 0.600. The third kappa shape index (κ3) is 4.18. The van der Waals surface area contributed by atoms with Crippen molar-refractivity contribution in [2.45, 2.75) is 26.4 Å². The summed E-state index contributed by atoms with van der Waals surface area (Å²) in [7, 11) is 5.96. The maximum atomic E-state index is 14.0. The highest BCUT2D eigenvalue weighted by Gasteiger charge is 2.18. The van der Waals surface area contributed by atoms with Crippen molar-refractivity contribution in [1.29, 1.82) is 0 Å². The van der Waals surface area contributed by atoms with Crippen LogP contribution >= 0.6 is 0 Å². The molecule has 1 atom stereocenters. The molecule has 108 valence electrons. The molecule has 19 heavy (non-hydrogen) atoms. The van der Waals surface area contributed by atoms with Gasteiger partial charge in [-0.3, -0.25) is 0 Å². The molecule has 0 amide bonds. The van der Waals surface area contributed by atoms with Crippen LogP contribution in [0, 0.1) is 5.82 Å². The summed E-state index contributed by atoms with van der Waals surface area (Å²) < 4.78 is 14.0. The Morgan fingerprint density at radius 3 is 2.53 bits per heavy atom. The van der Waals surface area contributed by atoms with Crippen LogP contribution in [-0.2, 0) is 6.54 Å². The molecule has 1 aromatic rings. The average Bonchev–Trinajstić information content (AvgIpc) is 2.33. The van der Waals surface area contributed by atoms with Gasteiger partial charge >= 0.3 is 0 Å². The molecule has 0 bridgehead atoms. The SMILES string of the molecule is CCN(c1cccc(F)c1CNC)C(C)CN(C)C. The Morgan fingerprint density at radius 2 is 2.00 bits per heavy atom. The zero-order valence-electron chi connectivity index (χ0n) is 12.7. The van der Waals surface area contributed by atoms with E-state index in [-0.39, 0.29) is 5.82 Å². The number of likely N-dealkylation sites (N-methyl/N-ethyl adjacent to an activating group) is 2. The van der Waals surface area contributed by atoms with Gasteiger partial charge in [0.2, 0.25) is 0 Å². The maximum Gasteiger partial charge on any atom is 0.129 e. The summed E-state index contributed by atoms with van der Waals surface area (Å²) in [5.41, 5.74) is 1.74. The first kappa shape index (κ1) is 15.9. The maximum absolute atomic E-state index is 14.0. The van der Waals surface area contributed by atoms with Crippen LogP contribution in [0.5, 0.6) is 0 Å². The summed E-state index contributed by atoms with van der Waals surface area (Å²) in [6.45, 7) is 6.66. The molecule has 1 unspecified atom stereocenters. The highest BCUT2D eigenvalue weighted by atomic mass is 19.1. The summed E-state index contributed by atoms with van der Waals surface area (Å²) >= 11 is 0.